The van der Waals surface area contributed by atoms with Crippen molar-refractivity contribution in [1.82, 2.24) is 19.7 Å². The zero-order valence-electron chi connectivity index (χ0n) is 14.8. The number of rotatable bonds is 5. The summed E-state index contributed by atoms with van der Waals surface area (Å²) in [6, 6.07) is 9.30. The number of ether oxygens (including phenoxy) is 1. The van der Waals surface area contributed by atoms with Crippen molar-refractivity contribution in [3.8, 4) is 5.88 Å². The van der Waals surface area contributed by atoms with Crippen molar-refractivity contribution < 1.29 is 9.53 Å². The lowest BCUT2D eigenvalue weighted by atomic mass is 10.1. The monoisotopic (exact) mass is 379 g/mol. The molecule has 0 fully saturated rings. The molecule has 4 rings (SSSR count). The molecular weight excluding hydrogens is 362 g/mol. The Hall–Kier alpha value is -3.26. The summed E-state index contributed by atoms with van der Waals surface area (Å²) >= 11 is 1.66. The molecule has 0 unspecified atom stereocenters. The Kier molecular flexibility index (Phi) is 4.55. The van der Waals surface area contributed by atoms with Gasteiger partial charge in [0.2, 0.25) is 5.88 Å². The smallest absolute Gasteiger partial charge is 0.256 e. The molecule has 0 aliphatic carbocycles. The third-order valence-corrected chi connectivity index (χ3v) is 4.94. The number of thiophene rings is 1. The standard InChI is InChI=1S/C19H17N5O2S/c1-12-9-14(18(25)23-16-6-3-7-20-19(16)26-2)15-10-21-24(17(15)22-12)11-13-5-4-8-27-13/h3-10H,11H2,1-2H3,(H,23,25). The number of carbonyl (C=O) groups is 1. The van der Waals surface area contributed by atoms with Gasteiger partial charge >= 0.3 is 0 Å². The second-order valence-electron chi connectivity index (χ2n) is 5.94. The van der Waals surface area contributed by atoms with Crippen LogP contribution in [0.25, 0.3) is 11.0 Å². The molecule has 7 nitrogen and oxygen atoms in total. The van der Waals surface area contributed by atoms with Crippen LogP contribution in [-0.2, 0) is 6.54 Å². The molecule has 0 aliphatic heterocycles. The number of aromatic nitrogens is 4. The maximum absolute atomic E-state index is 12.9. The molecule has 0 saturated heterocycles. The van der Waals surface area contributed by atoms with E-state index in [-0.39, 0.29) is 5.91 Å². The van der Waals surface area contributed by atoms with Crippen molar-refractivity contribution in [2.24, 2.45) is 0 Å². The molecule has 4 aromatic rings. The van der Waals surface area contributed by atoms with Gasteiger partial charge in [-0.05, 0) is 36.6 Å². The number of amides is 1. The Morgan fingerprint density at radius 2 is 2.22 bits per heavy atom. The van der Waals surface area contributed by atoms with Crippen LogP contribution < -0.4 is 10.1 Å². The zero-order valence-corrected chi connectivity index (χ0v) is 15.7. The van der Waals surface area contributed by atoms with Gasteiger partial charge in [0.25, 0.3) is 5.91 Å². The van der Waals surface area contributed by atoms with Crippen LogP contribution in [-0.4, -0.2) is 32.8 Å². The normalized spacial score (nSPS) is 10.9. The molecule has 0 aliphatic rings. The fourth-order valence-corrected chi connectivity index (χ4v) is 3.55. The van der Waals surface area contributed by atoms with E-state index >= 15 is 0 Å². The second-order valence-corrected chi connectivity index (χ2v) is 6.98. The summed E-state index contributed by atoms with van der Waals surface area (Å²) in [5.41, 5.74) is 2.46. The summed E-state index contributed by atoms with van der Waals surface area (Å²) in [5, 5.41) is 10.0. The van der Waals surface area contributed by atoms with E-state index in [1.165, 1.54) is 12.0 Å². The van der Waals surface area contributed by atoms with Gasteiger partial charge in [-0.1, -0.05) is 6.07 Å². The van der Waals surface area contributed by atoms with E-state index in [4.69, 9.17) is 4.74 Å². The van der Waals surface area contributed by atoms with Crippen LogP contribution in [0, 0.1) is 6.92 Å². The van der Waals surface area contributed by atoms with Crippen LogP contribution in [0.3, 0.4) is 0 Å². The molecule has 0 radical (unpaired) electrons. The first-order valence-corrected chi connectivity index (χ1v) is 9.19. The number of aryl methyl sites for hydroxylation is 1. The number of hydrogen-bond acceptors (Lipinski definition) is 6. The number of fused-ring (bicyclic) bond motifs is 1. The first kappa shape index (κ1) is 17.2. The van der Waals surface area contributed by atoms with Gasteiger partial charge in [0.05, 0.1) is 30.8 Å². The number of nitrogens with zero attached hydrogens (tertiary/aromatic N) is 4. The molecule has 0 bridgehead atoms. The van der Waals surface area contributed by atoms with Gasteiger partial charge in [0.1, 0.15) is 5.69 Å². The van der Waals surface area contributed by atoms with Crippen molar-refractivity contribution in [3.63, 3.8) is 0 Å². The summed E-state index contributed by atoms with van der Waals surface area (Å²) in [4.78, 5) is 22.8. The Morgan fingerprint density at radius 3 is 3.00 bits per heavy atom. The average molecular weight is 379 g/mol. The van der Waals surface area contributed by atoms with E-state index < -0.39 is 0 Å². The first-order valence-electron chi connectivity index (χ1n) is 8.31. The Morgan fingerprint density at radius 1 is 1.33 bits per heavy atom. The molecule has 0 atom stereocenters. The minimum absolute atomic E-state index is 0.257. The lowest BCUT2D eigenvalue weighted by Crippen LogP contribution is -2.14. The van der Waals surface area contributed by atoms with Crippen molar-refractivity contribution in [1.29, 1.82) is 0 Å². The van der Waals surface area contributed by atoms with Crippen molar-refractivity contribution in [2.75, 3.05) is 12.4 Å². The van der Waals surface area contributed by atoms with Crippen molar-refractivity contribution >= 4 is 34.0 Å². The Balaban J connectivity index is 1.71. The van der Waals surface area contributed by atoms with Crippen LogP contribution in [0.5, 0.6) is 5.88 Å². The molecule has 136 valence electrons. The lowest BCUT2D eigenvalue weighted by molar-refractivity contribution is 0.102. The van der Waals surface area contributed by atoms with E-state index in [1.54, 1.807) is 41.9 Å². The third kappa shape index (κ3) is 3.39. The largest absolute Gasteiger partial charge is 0.480 e. The van der Waals surface area contributed by atoms with E-state index in [0.29, 0.717) is 34.7 Å². The number of nitrogens with one attached hydrogen (secondary N) is 1. The summed E-state index contributed by atoms with van der Waals surface area (Å²) in [6.07, 6.45) is 3.29. The van der Waals surface area contributed by atoms with Crippen LogP contribution in [0.4, 0.5) is 5.69 Å². The molecule has 0 spiro atoms. The predicted octanol–water partition coefficient (Wildman–Crippen LogP) is 3.51. The van der Waals surface area contributed by atoms with Gasteiger partial charge in [-0.2, -0.15) is 5.10 Å². The fraction of sp³-hybridized carbons (Fsp3) is 0.158. The highest BCUT2D eigenvalue weighted by Gasteiger charge is 2.17. The molecule has 4 heterocycles. The Labute approximate surface area is 159 Å². The molecule has 1 N–H and O–H groups in total. The fourth-order valence-electron chi connectivity index (χ4n) is 2.86. The van der Waals surface area contributed by atoms with Gasteiger partial charge in [-0.3, -0.25) is 4.79 Å². The third-order valence-electron chi connectivity index (χ3n) is 4.08. The van der Waals surface area contributed by atoms with Crippen molar-refractivity contribution in [3.05, 3.63) is 64.2 Å². The maximum Gasteiger partial charge on any atom is 0.256 e. The van der Waals surface area contributed by atoms with Gasteiger partial charge in [0.15, 0.2) is 5.65 Å². The van der Waals surface area contributed by atoms with E-state index in [1.807, 2.05) is 23.1 Å². The minimum Gasteiger partial charge on any atom is -0.480 e. The van der Waals surface area contributed by atoms with Gasteiger partial charge < -0.3 is 10.1 Å². The average Bonchev–Trinajstić information content (AvgIpc) is 3.32. The SMILES string of the molecule is COc1ncccc1NC(=O)c1cc(C)nc2c1cnn2Cc1cccs1. The van der Waals surface area contributed by atoms with Crippen LogP contribution in [0.2, 0.25) is 0 Å². The molecule has 0 saturated carbocycles. The summed E-state index contributed by atoms with van der Waals surface area (Å²) in [6.45, 7) is 2.48. The quantitative estimate of drug-likeness (QED) is 0.574. The topological polar surface area (TPSA) is 81.9 Å². The molecular formula is C19H17N5O2S. The van der Waals surface area contributed by atoms with Gasteiger partial charge in [0, 0.05) is 16.8 Å². The first-order chi connectivity index (χ1) is 13.2. The second kappa shape index (κ2) is 7.16. The minimum atomic E-state index is -0.257. The van der Waals surface area contributed by atoms with E-state index in [9.17, 15) is 4.79 Å². The number of methoxy groups -OCH3 is 1. The number of anilines is 1. The number of carbonyl (C=O) groups excluding carboxylic acids is 1. The number of hydrogen-bond donors (Lipinski definition) is 1. The van der Waals surface area contributed by atoms with Crippen LogP contribution in [0.15, 0.2) is 48.1 Å². The van der Waals surface area contributed by atoms with Gasteiger partial charge in [-0.15, -0.1) is 11.3 Å². The highest BCUT2D eigenvalue weighted by Crippen LogP contribution is 2.24. The van der Waals surface area contributed by atoms with Crippen LogP contribution >= 0.6 is 11.3 Å². The van der Waals surface area contributed by atoms with E-state index in [2.05, 4.69) is 26.4 Å². The maximum atomic E-state index is 12.9. The lowest BCUT2D eigenvalue weighted by Gasteiger charge is -2.10. The van der Waals surface area contributed by atoms with Crippen molar-refractivity contribution in [2.45, 2.75) is 13.5 Å². The van der Waals surface area contributed by atoms with Crippen LogP contribution in [0.1, 0.15) is 20.9 Å². The highest BCUT2D eigenvalue weighted by atomic mass is 32.1. The highest BCUT2D eigenvalue weighted by molar-refractivity contribution is 7.09. The number of pyridine rings is 2. The predicted molar refractivity (Wildman–Crippen MR) is 104 cm³/mol. The van der Waals surface area contributed by atoms with E-state index in [0.717, 1.165) is 5.69 Å². The molecule has 8 heteroatoms. The molecule has 1 amide bonds. The van der Waals surface area contributed by atoms with Gasteiger partial charge in [-0.25, -0.2) is 14.6 Å². The Bertz CT molecular complexity index is 1100. The molecule has 0 aromatic carbocycles. The summed E-state index contributed by atoms with van der Waals surface area (Å²) in [7, 11) is 1.52. The summed E-state index contributed by atoms with van der Waals surface area (Å²) < 4.78 is 7.02. The zero-order chi connectivity index (χ0) is 18.8. The summed E-state index contributed by atoms with van der Waals surface area (Å²) in [5.74, 6) is 0.105. The molecule has 4 aromatic heterocycles. The molecule has 27 heavy (non-hydrogen) atoms.